The number of aryl methyl sites for hydroxylation is 1. The summed E-state index contributed by atoms with van der Waals surface area (Å²) in [6, 6.07) is 11.6. The Morgan fingerprint density at radius 2 is 1.75 bits per heavy atom. The van der Waals surface area contributed by atoms with Crippen molar-refractivity contribution in [2.45, 2.75) is 25.8 Å². The van der Waals surface area contributed by atoms with Crippen LogP contribution in [-0.4, -0.2) is 20.1 Å². The smallest absolute Gasteiger partial charge is 0.220 e. The van der Waals surface area contributed by atoms with Gasteiger partial charge in [-0.1, -0.05) is 18.2 Å². The second kappa shape index (κ2) is 8.34. The molecule has 0 fully saturated rings. The summed E-state index contributed by atoms with van der Waals surface area (Å²) in [5.41, 5.74) is 1.87. The van der Waals surface area contributed by atoms with Gasteiger partial charge in [0, 0.05) is 6.42 Å². The number of ether oxygens (including phenoxy) is 2. The summed E-state index contributed by atoms with van der Waals surface area (Å²) in [6.07, 6.45) is 0.925. The molecule has 0 aliphatic carbocycles. The van der Waals surface area contributed by atoms with Crippen molar-refractivity contribution < 1.29 is 18.7 Å². The quantitative estimate of drug-likeness (QED) is 0.842. The van der Waals surface area contributed by atoms with Crippen LogP contribution in [0.3, 0.4) is 0 Å². The average molecular weight is 331 g/mol. The first kappa shape index (κ1) is 17.8. The molecule has 0 aliphatic heterocycles. The molecule has 1 unspecified atom stereocenters. The molecular weight excluding hydrogens is 309 g/mol. The predicted molar refractivity (Wildman–Crippen MR) is 90.8 cm³/mol. The fourth-order valence-corrected chi connectivity index (χ4v) is 2.43. The average Bonchev–Trinajstić information content (AvgIpc) is 2.60. The van der Waals surface area contributed by atoms with E-state index in [1.807, 2.05) is 25.1 Å². The van der Waals surface area contributed by atoms with E-state index in [0.29, 0.717) is 24.3 Å². The number of carbonyl (C=O) groups is 1. The summed E-state index contributed by atoms with van der Waals surface area (Å²) in [6.45, 7) is 1.91. The van der Waals surface area contributed by atoms with Crippen LogP contribution in [0.25, 0.3) is 0 Å². The molecular formula is C19H22FNO3. The van der Waals surface area contributed by atoms with Gasteiger partial charge in [-0.05, 0) is 48.7 Å². The van der Waals surface area contributed by atoms with Gasteiger partial charge in [-0.3, -0.25) is 4.79 Å². The van der Waals surface area contributed by atoms with Crippen LogP contribution in [-0.2, 0) is 11.2 Å². The number of hydrogen-bond donors (Lipinski definition) is 1. The molecule has 4 nitrogen and oxygen atoms in total. The molecule has 5 heteroatoms. The molecule has 1 atom stereocenters. The van der Waals surface area contributed by atoms with Crippen molar-refractivity contribution in [2.75, 3.05) is 14.2 Å². The Labute approximate surface area is 141 Å². The summed E-state index contributed by atoms with van der Waals surface area (Å²) in [4.78, 5) is 12.1. The molecule has 0 saturated carbocycles. The molecule has 0 aromatic heterocycles. The maximum Gasteiger partial charge on any atom is 0.220 e. The Hall–Kier alpha value is -2.56. The third-order valence-corrected chi connectivity index (χ3v) is 3.84. The summed E-state index contributed by atoms with van der Waals surface area (Å²) >= 11 is 0. The summed E-state index contributed by atoms with van der Waals surface area (Å²) in [5.74, 6) is 0.949. The van der Waals surface area contributed by atoms with Crippen LogP contribution in [0.2, 0.25) is 0 Å². The predicted octanol–water partition coefficient (Wildman–Crippen LogP) is 3.65. The molecule has 0 heterocycles. The monoisotopic (exact) mass is 331 g/mol. The Morgan fingerprint density at radius 1 is 1.08 bits per heavy atom. The highest BCUT2D eigenvalue weighted by Crippen LogP contribution is 2.29. The number of hydrogen-bond acceptors (Lipinski definition) is 3. The van der Waals surface area contributed by atoms with Crippen molar-refractivity contribution in [2.24, 2.45) is 0 Å². The molecule has 1 N–H and O–H groups in total. The molecule has 0 saturated heterocycles. The molecule has 0 spiro atoms. The van der Waals surface area contributed by atoms with Crippen molar-refractivity contribution in [1.29, 1.82) is 0 Å². The molecule has 2 aromatic carbocycles. The lowest BCUT2D eigenvalue weighted by Crippen LogP contribution is -2.26. The van der Waals surface area contributed by atoms with Crippen molar-refractivity contribution in [3.63, 3.8) is 0 Å². The Kier molecular flexibility index (Phi) is 6.18. The van der Waals surface area contributed by atoms with Gasteiger partial charge in [-0.2, -0.15) is 0 Å². The van der Waals surface area contributed by atoms with E-state index in [1.54, 1.807) is 26.4 Å². The van der Waals surface area contributed by atoms with Crippen molar-refractivity contribution >= 4 is 5.91 Å². The zero-order valence-electron chi connectivity index (χ0n) is 14.1. The van der Waals surface area contributed by atoms with E-state index in [2.05, 4.69) is 5.32 Å². The Morgan fingerprint density at radius 3 is 2.38 bits per heavy atom. The van der Waals surface area contributed by atoms with E-state index in [0.717, 1.165) is 11.1 Å². The molecule has 0 bridgehead atoms. The highest BCUT2D eigenvalue weighted by Gasteiger charge is 2.12. The second-order valence-electron chi connectivity index (χ2n) is 5.53. The van der Waals surface area contributed by atoms with Crippen molar-refractivity contribution in [1.82, 2.24) is 5.32 Å². The molecule has 2 aromatic rings. The standard InChI is InChI=1S/C19H22FNO3/c1-13(15-7-10-17(23-2)18(12-15)24-3)21-19(22)11-6-14-4-8-16(20)9-5-14/h4-5,7-10,12-13H,6,11H2,1-3H3,(H,21,22). The van der Waals surface area contributed by atoms with E-state index >= 15 is 0 Å². The largest absolute Gasteiger partial charge is 0.493 e. The lowest BCUT2D eigenvalue weighted by atomic mass is 10.1. The van der Waals surface area contributed by atoms with Gasteiger partial charge in [-0.15, -0.1) is 0 Å². The van der Waals surface area contributed by atoms with Gasteiger partial charge >= 0.3 is 0 Å². The van der Waals surface area contributed by atoms with Gasteiger partial charge < -0.3 is 14.8 Å². The van der Waals surface area contributed by atoms with Gasteiger partial charge in [0.15, 0.2) is 11.5 Å². The van der Waals surface area contributed by atoms with Crippen LogP contribution < -0.4 is 14.8 Å². The van der Waals surface area contributed by atoms with Gasteiger partial charge in [0.1, 0.15) is 5.82 Å². The fourth-order valence-electron chi connectivity index (χ4n) is 2.43. The molecule has 1 amide bonds. The molecule has 0 radical (unpaired) electrons. The topological polar surface area (TPSA) is 47.6 Å². The van der Waals surface area contributed by atoms with Gasteiger partial charge in [0.2, 0.25) is 5.91 Å². The first-order valence-corrected chi connectivity index (χ1v) is 7.79. The van der Waals surface area contributed by atoms with E-state index in [1.165, 1.54) is 12.1 Å². The van der Waals surface area contributed by atoms with Crippen LogP contribution in [0.15, 0.2) is 42.5 Å². The van der Waals surface area contributed by atoms with E-state index in [9.17, 15) is 9.18 Å². The zero-order valence-corrected chi connectivity index (χ0v) is 14.1. The molecule has 2 rings (SSSR count). The van der Waals surface area contributed by atoms with Crippen molar-refractivity contribution in [3.05, 3.63) is 59.4 Å². The minimum Gasteiger partial charge on any atom is -0.493 e. The zero-order chi connectivity index (χ0) is 17.5. The van der Waals surface area contributed by atoms with E-state index in [4.69, 9.17) is 9.47 Å². The normalized spacial score (nSPS) is 11.7. The maximum atomic E-state index is 12.9. The number of carbonyl (C=O) groups excluding carboxylic acids is 1. The minimum atomic E-state index is -0.273. The Balaban J connectivity index is 1.92. The highest BCUT2D eigenvalue weighted by molar-refractivity contribution is 5.76. The van der Waals surface area contributed by atoms with Crippen LogP contribution in [0.5, 0.6) is 11.5 Å². The number of rotatable bonds is 7. The number of methoxy groups -OCH3 is 2. The Bertz CT molecular complexity index is 686. The fraction of sp³-hybridized carbons (Fsp3) is 0.316. The number of benzene rings is 2. The molecule has 0 aliphatic rings. The van der Waals surface area contributed by atoms with Crippen molar-refractivity contribution in [3.8, 4) is 11.5 Å². The molecule has 128 valence electrons. The first-order chi connectivity index (χ1) is 11.5. The summed E-state index contributed by atoms with van der Waals surface area (Å²) in [7, 11) is 3.16. The van der Waals surface area contributed by atoms with Gasteiger partial charge in [0.25, 0.3) is 0 Å². The lowest BCUT2D eigenvalue weighted by Gasteiger charge is -2.16. The highest BCUT2D eigenvalue weighted by atomic mass is 19.1. The van der Waals surface area contributed by atoms with Crippen LogP contribution in [0, 0.1) is 5.82 Å². The molecule has 24 heavy (non-hydrogen) atoms. The summed E-state index contributed by atoms with van der Waals surface area (Å²) in [5, 5.41) is 2.96. The van der Waals surface area contributed by atoms with Crippen LogP contribution in [0.1, 0.15) is 30.5 Å². The third-order valence-electron chi connectivity index (χ3n) is 3.84. The first-order valence-electron chi connectivity index (χ1n) is 7.79. The number of amides is 1. The second-order valence-corrected chi connectivity index (χ2v) is 5.53. The lowest BCUT2D eigenvalue weighted by molar-refractivity contribution is -0.121. The van der Waals surface area contributed by atoms with Gasteiger partial charge in [-0.25, -0.2) is 4.39 Å². The SMILES string of the molecule is COc1ccc(C(C)NC(=O)CCc2ccc(F)cc2)cc1OC. The summed E-state index contributed by atoms with van der Waals surface area (Å²) < 4.78 is 23.4. The number of halogens is 1. The van der Waals surface area contributed by atoms with Crippen LogP contribution in [0.4, 0.5) is 4.39 Å². The van der Waals surface area contributed by atoms with Crippen LogP contribution >= 0.6 is 0 Å². The maximum absolute atomic E-state index is 12.9. The van der Waals surface area contributed by atoms with Gasteiger partial charge in [0.05, 0.1) is 20.3 Å². The van der Waals surface area contributed by atoms with E-state index in [-0.39, 0.29) is 17.8 Å². The third kappa shape index (κ3) is 4.72. The minimum absolute atomic E-state index is 0.0541. The number of nitrogens with one attached hydrogen (secondary N) is 1. The van der Waals surface area contributed by atoms with E-state index < -0.39 is 0 Å².